The number of ether oxygens (including phenoxy) is 1. The van der Waals surface area contributed by atoms with Crippen molar-refractivity contribution in [2.45, 2.75) is 83.6 Å². The highest BCUT2D eigenvalue weighted by molar-refractivity contribution is 7.89. The molecule has 6 rings (SSSR count). The van der Waals surface area contributed by atoms with E-state index in [9.17, 15) is 22.4 Å². The van der Waals surface area contributed by atoms with Gasteiger partial charge in [-0.3, -0.25) is 9.59 Å². The highest BCUT2D eigenvalue weighted by Crippen LogP contribution is 2.45. The number of benzene rings is 1. The van der Waals surface area contributed by atoms with E-state index in [2.05, 4.69) is 26.3 Å². The van der Waals surface area contributed by atoms with Gasteiger partial charge in [-0.15, -0.1) is 0 Å². The van der Waals surface area contributed by atoms with Crippen molar-refractivity contribution in [3.63, 3.8) is 0 Å². The van der Waals surface area contributed by atoms with E-state index in [4.69, 9.17) is 4.74 Å². The zero-order chi connectivity index (χ0) is 37.2. The van der Waals surface area contributed by atoms with Gasteiger partial charge in [0.1, 0.15) is 17.9 Å². The average molecular weight is 740 g/mol. The van der Waals surface area contributed by atoms with Gasteiger partial charge in [-0.05, 0) is 110 Å². The van der Waals surface area contributed by atoms with Crippen LogP contribution in [-0.4, -0.2) is 125 Å². The van der Waals surface area contributed by atoms with Gasteiger partial charge in [-0.25, -0.2) is 27.1 Å². The Bertz CT molecular complexity index is 1700. The van der Waals surface area contributed by atoms with Crippen molar-refractivity contribution in [1.82, 2.24) is 29.0 Å². The Labute approximate surface area is 308 Å². The number of sulfonamides is 1. The van der Waals surface area contributed by atoms with E-state index in [0.29, 0.717) is 56.5 Å². The number of hydrogen-bond donors (Lipinski definition) is 0. The summed E-state index contributed by atoms with van der Waals surface area (Å²) in [4.78, 5) is 42.4. The first-order valence-electron chi connectivity index (χ1n) is 18.8. The SMILES string of the molecule is C=CC(=O)N1CCC(S(=O)(=O)N2CCC(CN3CCC4(CC3)CN(c3ncncc3Oc3ccc(F)cc3C(=O)N(C(C)C)C(C)C)C4)CC2)CC1. The van der Waals surface area contributed by atoms with Crippen molar-refractivity contribution in [2.24, 2.45) is 11.3 Å². The Hall–Kier alpha value is -3.62. The fraction of sp³-hybridized carbons (Fsp3) is 0.632. The molecule has 4 saturated heterocycles. The minimum Gasteiger partial charge on any atom is -0.451 e. The van der Waals surface area contributed by atoms with E-state index < -0.39 is 21.1 Å². The average Bonchev–Trinajstić information content (AvgIpc) is 3.11. The molecule has 0 saturated carbocycles. The van der Waals surface area contributed by atoms with Crippen molar-refractivity contribution in [2.75, 3.05) is 63.8 Å². The maximum absolute atomic E-state index is 14.4. The highest BCUT2D eigenvalue weighted by Gasteiger charge is 2.46. The largest absolute Gasteiger partial charge is 0.451 e. The minimum absolute atomic E-state index is 0.0726. The number of aromatic nitrogens is 2. The molecular weight excluding hydrogens is 686 g/mol. The second kappa shape index (κ2) is 15.8. The second-order valence-corrected chi connectivity index (χ2v) is 17.8. The van der Waals surface area contributed by atoms with Gasteiger partial charge in [0.25, 0.3) is 5.91 Å². The lowest BCUT2D eigenvalue weighted by Gasteiger charge is -2.54. The molecule has 0 bridgehead atoms. The molecule has 4 fully saturated rings. The van der Waals surface area contributed by atoms with Crippen molar-refractivity contribution >= 4 is 27.7 Å². The lowest BCUT2D eigenvalue weighted by molar-refractivity contribution is -0.126. The number of piperidine rings is 3. The topological polar surface area (TPSA) is 119 Å². The molecule has 14 heteroatoms. The number of anilines is 1. The summed E-state index contributed by atoms with van der Waals surface area (Å²) in [7, 11) is -3.37. The molecule has 0 N–H and O–H groups in total. The summed E-state index contributed by atoms with van der Waals surface area (Å²) in [5.41, 5.74) is 0.351. The van der Waals surface area contributed by atoms with E-state index >= 15 is 0 Å². The van der Waals surface area contributed by atoms with Gasteiger partial charge in [0.2, 0.25) is 15.9 Å². The Morgan fingerprint density at radius 2 is 1.65 bits per heavy atom. The van der Waals surface area contributed by atoms with Crippen LogP contribution < -0.4 is 9.64 Å². The molecule has 4 aliphatic rings. The van der Waals surface area contributed by atoms with Gasteiger partial charge in [0, 0.05) is 63.3 Å². The smallest absolute Gasteiger partial charge is 0.258 e. The number of likely N-dealkylation sites (tertiary alicyclic amines) is 2. The fourth-order valence-electron chi connectivity index (χ4n) is 8.57. The van der Waals surface area contributed by atoms with Crippen LogP contribution in [0.5, 0.6) is 11.5 Å². The van der Waals surface area contributed by atoms with Crippen LogP contribution in [0.2, 0.25) is 0 Å². The molecule has 2 aromatic rings. The molecule has 0 radical (unpaired) electrons. The zero-order valence-electron chi connectivity index (χ0n) is 31.0. The van der Waals surface area contributed by atoms with Crippen molar-refractivity contribution in [3.05, 3.63) is 54.8 Å². The molecular formula is C38H54FN7O5S. The molecule has 1 aromatic heterocycles. The van der Waals surface area contributed by atoms with Crippen LogP contribution in [-0.2, 0) is 14.8 Å². The normalized spacial score (nSPS) is 20.7. The van der Waals surface area contributed by atoms with E-state index in [-0.39, 0.29) is 40.6 Å². The number of carbonyl (C=O) groups is 2. The Morgan fingerprint density at radius 1 is 1.00 bits per heavy atom. The molecule has 12 nitrogen and oxygen atoms in total. The summed E-state index contributed by atoms with van der Waals surface area (Å²) in [5.74, 6) is 0.899. The standard InChI is InChI=1S/C38H54FN7O5S/c1-6-35(47)43-15-11-31(12-16-43)52(49,50)45-17-9-29(10-18-45)23-42-19-13-38(14-20-42)24-44(25-38)36-34(22-40-26-41-36)51-33-8-7-30(39)21-32(33)37(48)46(27(2)3)28(4)5/h6-8,21-22,26-29,31H,1,9-20,23-25H2,2-5H3. The number of rotatable bonds is 11. The van der Waals surface area contributed by atoms with Gasteiger partial charge in [0.05, 0.1) is 17.0 Å². The third-order valence-corrected chi connectivity index (χ3v) is 13.9. The van der Waals surface area contributed by atoms with Gasteiger partial charge >= 0.3 is 0 Å². The van der Waals surface area contributed by atoms with Gasteiger partial charge in [-0.1, -0.05) is 6.58 Å². The number of hydrogen-bond acceptors (Lipinski definition) is 9. The van der Waals surface area contributed by atoms with Crippen LogP contribution in [0.4, 0.5) is 10.2 Å². The summed E-state index contributed by atoms with van der Waals surface area (Å²) in [6.07, 6.45) is 9.23. The van der Waals surface area contributed by atoms with Crippen LogP contribution in [0.15, 0.2) is 43.4 Å². The third-order valence-electron chi connectivity index (χ3n) is 11.5. The van der Waals surface area contributed by atoms with Crippen molar-refractivity contribution < 1.29 is 27.1 Å². The summed E-state index contributed by atoms with van der Waals surface area (Å²) in [5, 5.41) is -0.418. The number of halogens is 1. The van der Waals surface area contributed by atoms with Gasteiger partial charge in [-0.2, -0.15) is 0 Å². The molecule has 0 aliphatic carbocycles. The molecule has 1 spiro atoms. The first kappa shape index (κ1) is 38.1. The van der Waals surface area contributed by atoms with Crippen LogP contribution in [0, 0.1) is 17.2 Å². The van der Waals surface area contributed by atoms with Crippen molar-refractivity contribution in [3.8, 4) is 11.5 Å². The van der Waals surface area contributed by atoms with E-state index in [0.717, 1.165) is 58.4 Å². The monoisotopic (exact) mass is 739 g/mol. The maximum Gasteiger partial charge on any atom is 0.258 e. The number of nitrogens with zero attached hydrogens (tertiary/aromatic N) is 7. The van der Waals surface area contributed by atoms with Crippen molar-refractivity contribution in [1.29, 1.82) is 0 Å². The summed E-state index contributed by atoms with van der Waals surface area (Å²) < 4.78 is 49.2. The fourth-order valence-corrected chi connectivity index (χ4v) is 10.5. The predicted octanol–water partition coefficient (Wildman–Crippen LogP) is 4.79. The first-order valence-corrected chi connectivity index (χ1v) is 20.3. The van der Waals surface area contributed by atoms with Crippen LogP contribution in [0.3, 0.4) is 0 Å². The zero-order valence-corrected chi connectivity index (χ0v) is 31.9. The van der Waals surface area contributed by atoms with E-state index in [1.807, 2.05) is 27.7 Å². The predicted molar refractivity (Wildman–Crippen MR) is 198 cm³/mol. The van der Waals surface area contributed by atoms with Gasteiger partial charge < -0.3 is 24.3 Å². The maximum atomic E-state index is 14.4. The highest BCUT2D eigenvalue weighted by atomic mass is 32.2. The molecule has 52 heavy (non-hydrogen) atoms. The molecule has 0 unspecified atom stereocenters. The lowest BCUT2D eigenvalue weighted by atomic mass is 9.72. The second-order valence-electron chi connectivity index (χ2n) is 15.6. The van der Waals surface area contributed by atoms with Crippen LogP contribution in [0.1, 0.15) is 76.6 Å². The third kappa shape index (κ3) is 8.13. The molecule has 5 heterocycles. The Morgan fingerprint density at radius 3 is 2.27 bits per heavy atom. The molecule has 4 aliphatic heterocycles. The Kier molecular flexibility index (Phi) is 11.6. The number of amides is 2. The summed E-state index contributed by atoms with van der Waals surface area (Å²) in [6.45, 7) is 18.0. The molecule has 1 aromatic carbocycles. The van der Waals surface area contributed by atoms with Crippen LogP contribution >= 0.6 is 0 Å². The molecule has 284 valence electrons. The lowest BCUT2D eigenvalue weighted by Crippen LogP contribution is -2.61. The Balaban J connectivity index is 0.992. The van der Waals surface area contributed by atoms with E-state index in [1.165, 1.54) is 30.6 Å². The molecule has 0 atom stereocenters. The number of carbonyl (C=O) groups excluding carboxylic acids is 2. The first-order chi connectivity index (χ1) is 24.8. The molecule has 2 amide bonds. The van der Waals surface area contributed by atoms with Gasteiger partial charge in [0.15, 0.2) is 11.6 Å². The van der Waals surface area contributed by atoms with Crippen LogP contribution in [0.25, 0.3) is 0 Å². The minimum atomic E-state index is -3.37. The quantitative estimate of drug-likeness (QED) is 0.300. The summed E-state index contributed by atoms with van der Waals surface area (Å²) in [6, 6.07) is 3.88. The van der Waals surface area contributed by atoms with E-state index in [1.54, 1.807) is 20.3 Å². The summed E-state index contributed by atoms with van der Waals surface area (Å²) >= 11 is 0.